The number of rotatable bonds is 2. The van der Waals surface area contributed by atoms with Crippen LogP contribution in [0.1, 0.15) is 16.2 Å². The Kier molecular flexibility index (Phi) is 3.02. The van der Waals surface area contributed by atoms with Gasteiger partial charge >= 0.3 is 0 Å². The maximum atomic E-state index is 12.2. The summed E-state index contributed by atoms with van der Waals surface area (Å²) in [6, 6.07) is 7.62. The number of anilines is 2. The fourth-order valence-electron chi connectivity index (χ4n) is 2.09. The van der Waals surface area contributed by atoms with E-state index < -0.39 is 5.91 Å². The maximum Gasteiger partial charge on any atom is 0.280 e. The Morgan fingerprint density at radius 1 is 1.29 bits per heavy atom. The van der Waals surface area contributed by atoms with Gasteiger partial charge in [-0.25, -0.2) is 15.0 Å². The number of nitrogen functional groups attached to an aromatic ring is 1. The molecule has 2 aromatic heterocycles. The van der Waals surface area contributed by atoms with E-state index in [9.17, 15) is 4.79 Å². The molecular formula is C14H14N6O. The third-order valence-electron chi connectivity index (χ3n) is 3.15. The minimum atomic E-state index is -0.432. The van der Waals surface area contributed by atoms with Gasteiger partial charge in [0, 0.05) is 13.2 Å². The average Bonchev–Trinajstić information content (AvgIpc) is 2.76. The van der Waals surface area contributed by atoms with E-state index in [2.05, 4.69) is 20.3 Å². The van der Waals surface area contributed by atoms with Crippen molar-refractivity contribution in [1.82, 2.24) is 19.5 Å². The molecule has 1 amide bonds. The van der Waals surface area contributed by atoms with E-state index in [0.717, 1.165) is 11.0 Å². The number of carbonyl (C=O) groups excluding carboxylic acids is 1. The summed E-state index contributed by atoms with van der Waals surface area (Å²) < 4.78 is 1.80. The highest BCUT2D eigenvalue weighted by Gasteiger charge is 2.16. The van der Waals surface area contributed by atoms with E-state index in [1.165, 1.54) is 6.20 Å². The number of amides is 1. The lowest BCUT2D eigenvalue weighted by Gasteiger charge is -2.06. The van der Waals surface area contributed by atoms with Crippen molar-refractivity contribution < 1.29 is 4.79 Å². The Morgan fingerprint density at radius 2 is 2.05 bits per heavy atom. The van der Waals surface area contributed by atoms with Gasteiger partial charge in [-0.3, -0.25) is 10.1 Å². The molecule has 7 heteroatoms. The number of nitrogens with zero attached hydrogens (tertiary/aromatic N) is 4. The highest BCUT2D eigenvalue weighted by atomic mass is 16.2. The smallest absolute Gasteiger partial charge is 0.280 e. The SMILES string of the molecule is Cc1cnc(C(=O)Nc2nc3ccccc3n2C)c(N)n1. The summed E-state index contributed by atoms with van der Waals surface area (Å²) in [4.78, 5) is 24.6. The Bertz CT molecular complexity index is 839. The van der Waals surface area contributed by atoms with Crippen LogP contribution in [-0.4, -0.2) is 25.4 Å². The zero-order valence-electron chi connectivity index (χ0n) is 11.7. The predicted molar refractivity (Wildman–Crippen MR) is 79.8 cm³/mol. The molecule has 21 heavy (non-hydrogen) atoms. The van der Waals surface area contributed by atoms with Crippen molar-refractivity contribution in [3.8, 4) is 0 Å². The molecule has 1 aromatic carbocycles. The van der Waals surface area contributed by atoms with E-state index in [1.54, 1.807) is 11.5 Å². The lowest BCUT2D eigenvalue weighted by Crippen LogP contribution is -2.19. The first-order valence-electron chi connectivity index (χ1n) is 6.38. The normalized spacial score (nSPS) is 10.8. The molecule has 0 saturated heterocycles. The number of hydrogen-bond donors (Lipinski definition) is 2. The zero-order chi connectivity index (χ0) is 15.0. The molecule has 0 radical (unpaired) electrons. The number of aryl methyl sites for hydroxylation is 2. The molecular weight excluding hydrogens is 268 g/mol. The quantitative estimate of drug-likeness (QED) is 0.742. The first-order chi connectivity index (χ1) is 10.1. The molecule has 0 aliphatic heterocycles. The van der Waals surface area contributed by atoms with Gasteiger partial charge in [0.2, 0.25) is 5.95 Å². The Labute approximate surface area is 120 Å². The number of carbonyl (C=O) groups is 1. The molecule has 3 aromatic rings. The van der Waals surface area contributed by atoms with E-state index in [4.69, 9.17) is 5.73 Å². The monoisotopic (exact) mass is 282 g/mol. The first-order valence-corrected chi connectivity index (χ1v) is 6.38. The van der Waals surface area contributed by atoms with Gasteiger partial charge in [0.1, 0.15) is 0 Å². The molecule has 3 rings (SSSR count). The molecule has 0 aliphatic carbocycles. The molecule has 0 bridgehead atoms. The van der Waals surface area contributed by atoms with Gasteiger partial charge in [0.15, 0.2) is 11.5 Å². The van der Waals surface area contributed by atoms with Gasteiger partial charge in [-0.1, -0.05) is 12.1 Å². The second-order valence-corrected chi connectivity index (χ2v) is 4.68. The third kappa shape index (κ3) is 2.29. The van der Waals surface area contributed by atoms with Crippen LogP contribution in [0.5, 0.6) is 0 Å². The van der Waals surface area contributed by atoms with Crippen molar-refractivity contribution in [2.24, 2.45) is 7.05 Å². The molecule has 0 atom stereocenters. The zero-order valence-corrected chi connectivity index (χ0v) is 11.7. The van der Waals surface area contributed by atoms with Crippen LogP contribution in [0.25, 0.3) is 11.0 Å². The largest absolute Gasteiger partial charge is 0.382 e. The van der Waals surface area contributed by atoms with Crippen LogP contribution >= 0.6 is 0 Å². The standard InChI is InChI=1S/C14H14N6O/c1-8-7-16-11(12(15)17-8)13(21)19-14-18-9-5-3-4-6-10(9)20(14)2/h3-7H,1-2H3,(H2,15,17)(H,18,19,21). The number of hydrogen-bond acceptors (Lipinski definition) is 5. The average molecular weight is 282 g/mol. The van der Waals surface area contributed by atoms with E-state index >= 15 is 0 Å². The highest BCUT2D eigenvalue weighted by Crippen LogP contribution is 2.18. The van der Waals surface area contributed by atoms with Gasteiger partial charge in [-0.15, -0.1) is 0 Å². The number of imidazole rings is 1. The molecule has 0 spiro atoms. The summed E-state index contributed by atoms with van der Waals surface area (Å²) in [5.41, 5.74) is 8.21. The number of benzene rings is 1. The highest BCUT2D eigenvalue weighted by molar-refractivity contribution is 6.05. The van der Waals surface area contributed by atoms with E-state index in [1.807, 2.05) is 31.3 Å². The second-order valence-electron chi connectivity index (χ2n) is 4.68. The maximum absolute atomic E-state index is 12.2. The van der Waals surface area contributed by atoms with Crippen molar-refractivity contribution in [1.29, 1.82) is 0 Å². The van der Waals surface area contributed by atoms with Crippen LogP contribution < -0.4 is 11.1 Å². The van der Waals surface area contributed by atoms with E-state index in [0.29, 0.717) is 11.6 Å². The minimum Gasteiger partial charge on any atom is -0.382 e. The van der Waals surface area contributed by atoms with Crippen LogP contribution in [0, 0.1) is 6.92 Å². The summed E-state index contributed by atoms with van der Waals surface area (Å²) in [6.45, 7) is 1.76. The molecule has 0 fully saturated rings. The molecule has 106 valence electrons. The topological polar surface area (TPSA) is 98.7 Å². The van der Waals surface area contributed by atoms with E-state index in [-0.39, 0.29) is 11.5 Å². The second kappa shape index (κ2) is 4.86. The predicted octanol–water partition coefficient (Wildman–Crippen LogP) is 1.51. The summed E-state index contributed by atoms with van der Waals surface area (Å²) >= 11 is 0. The summed E-state index contributed by atoms with van der Waals surface area (Å²) in [6.07, 6.45) is 1.50. The summed E-state index contributed by atoms with van der Waals surface area (Å²) in [5, 5.41) is 2.71. The van der Waals surface area contributed by atoms with Crippen LogP contribution in [0.4, 0.5) is 11.8 Å². The molecule has 0 unspecified atom stereocenters. The molecule has 0 aliphatic rings. The van der Waals surface area contributed by atoms with Crippen LogP contribution in [0.15, 0.2) is 30.5 Å². The van der Waals surface area contributed by atoms with Crippen LogP contribution in [-0.2, 0) is 7.05 Å². The molecule has 7 nitrogen and oxygen atoms in total. The fraction of sp³-hybridized carbons (Fsp3) is 0.143. The lowest BCUT2D eigenvalue weighted by molar-refractivity contribution is 0.102. The third-order valence-corrected chi connectivity index (χ3v) is 3.15. The summed E-state index contributed by atoms with van der Waals surface area (Å²) in [7, 11) is 1.83. The fourth-order valence-corrected chi connectivity index (χ4v) is 2.09. The number of para-hydroxylation sites is 2. The molecule has 0 saturated carbocycles. The molecule has 3 N–H and O–H groups in total. The van der Waals surface area contributed by atoms with Crippen molar-refractivity contribution in [2.45, 2.75) is 6.92 Å². The number of nitrogens with two attached hydrogens (primary N) is 1. The van der Waals surface area contributed by atoms with Gasteiger partial charge in [-0.05, 0) is 19.1 Å². The Morgan fingerprint density at radius 3 is 2.76 bits per heavy atom. The number of aromatic nitrogens is 4. The van der Waals surface area contributed by atoms with Gasteiger partial charge in [0.05, 0.1) is 16.7 Å². The van der Waals surface area contributed by atoms with Crippen molar-refractivity contribution >= 4 is 28.7 Å². The Balaban J connectivity index is 1.94. The Hall–Kier alpha value is -2.96. The number of fused-ring (bicyclic) bond motifs is 1. The van der Waals surface area contributed by atoms with Crippen molar-refractivity contribution in [3.63, 3.8) is 0 Å². The van der Waals surface area contributed by atoms with Crippen LogP contribution in [0.3, 0.4) is 0 Å². The molecule has 2 heterocycles. The van der Waals surface area contributed by atoms with Crippen molar-refractivity contribution in [3.05, 3.63) is 41.9 Å². The lowest BCUT2D eigenvalue weighted by atomic mass is 10.3. The van der Waals surface area contributed by atoms with Crippen LogP contribution in [0.2, 0.25) is 0 Å². The minimum absolute atomic E-state index is 0.0904. The first kappa shape index (κ1) is 13.0. The number of nitrogens with one attached hydrogen (secondary N) is 1. The van der Waals surface area contributed by atoms with Gasteiger partial charge < -0.3 is 10.3 Å². The van der Waals surface area contributed by atoms with Gasteiger partial charge in [-0.2, -0.15) is 0 Å². The van der Waals surface area contributed by atoms with Crippen molar-refractivity contribution in [2.75, 3.05) is 11.1 Å². The van der Waals surface area contributed by atoms with Gasteiger partial charge in [0.25, 0.3) is 5.91 Å². The summed E-state index contributed by atoms with van der Waals surface area (Å²) in [5.74, 6) is 0.104.